The Morgan fingerprint density at radius 2 is 1.72 bits per heavy atom. The highest BCUT2D eigenvalue weighted by molar-refractivity contribution is 5.78. The lowest BCUT2D eigenvalue weighted by Crippen LogP contribution is -2.37. The largest absolute Gasteiger partial charge is 0.428 e. The number of nitrogens with zero attached hydrogens (tertiary/aromatic N) is 3. The standard InChI is InChI=1S/C31H36F2N4O6/c1-18-13-23(36-26(14-18)37-25-15-20(27(32)33)11-12-34-25)21-7-10-24(35-16-21)31(4,41)22-8-5-19(6-9-22)28(38)42-17-43-29(39)30(2,3)40/h7,10-16,19,22,27,40-41H,5-6,8-9,17H2,1-4H3,(H,34,36,37). The molecular formula is C31H36F2N4O6. The van der Waals surface area contributed by atoms with Gasteiger partial charge in [0, 0.05) is 23.5 Å². The van der Waals surface area contributed by atoms with Gasteiger partial charge in [0.15, 0.2) is 5.60 Å². The summed E-state index contributed by atoms with van der Waals surface area (Å²) in [5.41, 5.74) is -0.375. The normalized spacial score (nSPS) is 18.5. The highest BCUT2D eigenvalue weighted by atomic mass is 19.3. The molecule has 0 aromatic carbocycles. The predicted octanol–water partition coefficient (Wildman–Crippen LogP) is 5.36. The number of anilines is 2. The van der Waals surface area contributed by atoms with Crippen LogP contribution >= 0.6 is 0 Å². The first kappa shape index (κ1) is 31.9. The monoisotopic (exact) mass is 598 g/mol. The Kier molecular flexibility index (Phi) is 9.71. The summed E-state index contributed by atoms with van der Waals surface area (Å²) in [6.07, 6.45) is 2.45. The number of ether oxygens (including phenoxy) is 2. The van der Waals surface area contributed by atoms with Crippen LogP contribution in [0.2, 0.25) is 0 Å². The first-order chi connectivity index (χ1) is 20.2. The van der Waals surface area contributed by atoms with E-state index < -0.39 is 36.4 Å². The van der Waals surface area contributed by atoms with Gasteiger partial charge in [-0.15, -0.1) is 0 Å². The molecule has 1 aliphatic carbocycles. The summed E-state index contributed by atoms with van der Waals surface area (Å²) in [6, 6.07) is 9.75. The second kappa shape index (κ2) is 13.1. The fourth-order valence-corrected chi connectivity index (χ4v) is 5.04. The molecule has 3 aromatic heterocycles. The summed E-state index contributed by atoms with van der Waals surface area (Å²) in [5.74, 6) is -1.21. The summed E-state index contributed by atoms with van der Waals surface area (Å²) in [6.45, 7) is 5.59. The van der Waals surface area contributed by atoms with Crippen LogP contribution in [0.4, 0.5) is 20.4 Å². The van der Waals surface area contributed by atoms with Crippen molar-refractivity contribution in [2.75, 3.05) is 12.1 Å². The number of aliphatic hydroxyl groups is 2. The number of halogens is 2. The SMILES string of the molecule is Cc1cc(Nc2cc(C(F)F)ccn2)nc(-c2ccc(C(C)(O)C3CCC(C(=O)OCOC(=O)C(C)(C)O)CC3)nc2)c1. The van der Waals surface area contributed by atoms with Gasteiger partial charge in [0.05, 0.1) is 17.3 Å². The number of hydrogen-bond donors (Lipinski definition) is 3. The minimum Gasteiger partial charge on any atom is -0.428 e. The maximum absolute atomic E-state index is 13.1. The number of carbonyl (C=O) groups is 2. The molecule has 0 bridgehead atoms. The van der Waals surface area contributed by atoms with Gasteiger partial charge in [-0.2, -0.15) is 0 Å². The molecule has 230 valence electrons. The van der Waals surface area contributed by atoms with Gasteiger partial charge in [0.1, 0.15) is 17.2 Å². The van der Waals surface area contributed by atoms with E-state index in [0.29, 0.717) is 48.5 Å². The molecule has 4 rings (SSSR count). The number of aromatic nitrogens is 3. The van der Waals surface area contributed by atoms with E-state index in [1.165, 1.54) is 32.2 Å². The molecule has 3 heterocycles. The Hall–Kier alpha value is -4.03. The molecule has 12 heteroatoms. The summed E-state index contributed by atoms with van der Waals surface area (Å²) in [5, 5.41) is 24.0. The summed E-state index contributed by atoms with van der Waals surface area (Å²) >= 11 is 0. The fraction of sp³-hybridized carbons (Fsp3) is 0.452. The number of rotatable bonds is 10. The Morgan fingerprint density at radius 3 is 2.35 bits per heavy atom. The highest BCUT2D eigenvalue weighted by Gasteiger charge is 2.39. The predicted molar refractivity (Wildman–Crippen MR) is 153 cm³/mol. The average Bonchev–Trinajstić information content (AvgIpc) is 2.96. The van der Waals surface area contributed by atoms with E-state index in [9.17, 15) is 28.6 Å². The van der Waals surface area contributed by atoms with Crippen molar-refractivity contribution in [3.05, 3.63) is 65.6 Å². The highest BCUT2D eigenvalue weighted by Crippen LogP contribution is 2.41. The Labute approximate surface area is 248 Å². The van der Waals surface area contributed by atoms with Gasteiger partial charge in [-0.1, -0.05) is 0 Å². The average molecular weight is 599 g/mol. The molecule has 1 fully saturated rings. The first-order valence-corrected chi connectivity index (χ1v) is 14.0. The molecule has 0 radical (unpaired) electrons. The number of alkyl halides is 2. The molecule has 3 aromatic rings. The van der Waals surface area contributed by atoms with Crippen LogP contribution in [0.5, 0.6) is 0 Å². The maximum Gasteiger partial charge on any atom is 0.340 e. The third-order valence-electron chi connectivity index (χ3n) is 7.59. The molecule has 10 nitrogen and oxygen atoms in total. The molecule has 0 saturated heterocycles. The smallest absolute Gasteiger partial charge is 0.340 e. The van der Waals surface area contributed by atoms with Crippen LogP contribution in [0.3, 0.4) is 0 Å². The van der Waals surface area contributed by atoms with Crippen LogP contribution in [0.15, 0.2) is 48.8 Å². The Morgan fingerprint density at radius 1 is 1.00 bits per heavy atom. The molecule has 1 saturated carbocycles. The molecule has 43 heavy (non-hydrogen) atoms. The topological polar surface area (TPSA) is 144 Å². The van der Waals surface area contributed by atoms with Gasteiger partial charge >= 0.3 is 11.9 Å². The zero-order valence-corrected chi connectivity index (χ0v) is 24.5. The van der Waals surface area contributed by atoms with Crippen LogP contribution in [-0.2, 0) is 24.7 Å². The van der Waals surface area contributed by atoms with E-state index in [0.717, 1.165) is 5.56 Å². The lowest BCUT2D eigenvalue weighted by atomic mass is 9.73. The van der Waals surface area contributed by atoms with Crippen molar-refractivity contribution < 1.29 is 38.1 Å². The minimum atomic E-state index is -2.61. The lowest BCUT2D eigenvalue weighted by molar-refractivity contribution is -0.182. The molecule has 1 unspecified atom stereocenters. The minimum absolute atomic E-state index is 0.142. The van der Waals surface area contributed by atoms with Gasteiger partial charge in [-0.3, -0.25) is 9.78 Å². The van der Waals surface area contributed by atoms with Gasteiger partial charge in [0.25, 0.3) is 6.43 Å². The molecule has 1 atom stereocenters. The molecule has 0 spiro atoms. The van der Waals surface area contributed by atoms with Crippen LogP contribution in [0.25, 0.3) is 11.3 Å². The van der Waals surface area contributed by atoms with Gasteiger partial charge < -0.3 is 25.0 Å². The van der Waals surface area contributed by atoms with Crippen molar-refractivity contribution in [3.63, 3.8) is 0 Å². The molecular weight excluding hydrogens is 562 g/mol. The number of hydrogen-bond acceptors (Lipinski definition) is 10. The zero-order valence-electron chi connectivity index (χ0n) is 24.5. The Balaban J connectivity index is 1.37. The van der Waals surface area contributed by atoms with Crippen LogP contribution < -0.4 is 5.32 Å². The van der Waals surface area contributed by atoms with E-state index in [-0.39, 0.29) is 23.2 Å². The lowest BCUT2D eigenvalue weighted by Gasteiger charge is -2.37. The molecule has 1 aliphatic rings. The van der Waals surface area contributed by atoms with E-state index >= 15 is 0 Å². The molecule has 3 N–H and O–H groups in total. The van der Waals surface area contributed by atoms with E-state index in [2.05, 4.69) is 20.3 Å². The summed E-state index contributed by atoms with van der Waals surface area (Å²) in [4.78, 5) is 37.3. The number of nitrogens with one attached hydrogen (secondary N) is 1. The quantitative estimate of drug-likeness (QED) is 0.206. The van der Waals surface area contributed by atoms with Crippen LogP contribution in [-0.4, -0.2) is 49.5 Å². The Bertz CT molecular complexity index is 1430. The number of esters is 2. The third-order valence-corrected chi connectivity index (χ3v) is 7.59. The van der Waals surface area contributed by atoms with E-state index in [4.69, 9.17) is 9.47 Å². The maximum atomic E-state index is 13.1. The fourth-order valence-electron chi connectivity index (χ4n) is 5.04. The molecule has 0 amide bonds. The van der Waals surface area contributed by atoms with Gasteiger partial charge in [-0.25, -0.2) is 23.5 Å². The van der Waals surface area contributed by atoms with Crippen molar-refractivity contribution in [1.82, 2.24) is 15.0 Å². The number of pyridine rings is 3. The van der Waals surface area contributed by atoms with Gasteiger partial charge in [0.2, 0.25) is 6.79 Å². The van der Waals surface area contributed by atoms with E-state index in [1.54, 1.807) is 25.3 Å². The van der Waals surface area contributed by atoms with E-state index in [1.807, 2.05) is 19.1 Å². The second-order valence-corrected chi connectivity index (χ2v) is 11.5. The van der Waals surface area contributed by atoms with Crippen molar-refractivity contribution >= 4 is 23.6 Å². The summed E-state index contributed by atoms with van der Waals surface area (Å²) < 4.78 is 36.0. The van der Waals surface area contributed by atoms with Crippen LogP contribution in [0.1, 0.15) is 69.7 Å². The first-order valence-electron chi connectivity index (χ1n) is 14.0. The van der Waals surface area contributed by atoms with Crippen molar-refractivity contribution in [1.29, 1.82) is 0 Å². The second-order valence-electron chi connectivity index (χ2n) is 11.5. The number of aryl methyl sites for hydroxylation is 1. The molecule has 0 aliphatic heterocycles. The van der Waals surface area contributed by atoms with Crippen molar-refractivity contribution in [3.8, 4) is 11.3 Å². The van der Waals surface area contributed by atoms with Crippen LogP contribution in [0, 0.1) is 18.8 Å². The van der Waals surface area contributed by atoms with Crippen molar-refractivity contribution in [2.24, 2.45) is 11.8 Å². The van der Waals surface area contributed by atoms with Gasteiger partial charge in [-0.05, 0) is 101 Å². The van der Waals surface area contributed by atoms with Crippen molar-refractivity contribution in [2.45, 2.75) is 71.0 Å². The third kappa shape index (κ3) is 8.08. The zero-order chi connectivity index (χ0) is 31.4. The summed E-state index contributed by atoms with van der Waals surface area (Å²) in [7, 11) is 0. The number of carbonyl (C=O) groups excluding carboxylic acids is 2.